The average Bonchev–Trinajstić information content (AvgIpc) is 3.17. The molecule has 1 atom stereocenters. The topological polar surface area (TPSA) is 24.3 Å². The third kappa shape index (κ3) is 3.68. The standard InChI is InChI=1S/C19H25FN4/c20-18-5-3-4-16(10-18)11-23-13-17(12-22-7-1-2-8-22)14-24-9-6-21-19(24)15-23/h3-6,9-10,17H,1-2,7-8,11-15H2/t17-/m0/s1. The number of likely N-dealkylation sites (tertiary alicyclic amines) is 1. The quantitative estimate of drug-likeness (QED) is 0.862. The zero-order valence-corrected chi connectivity index (χ0v) is 14.1. The highest BCUT2D eigenvalue weighted by Crippen LogP contribution is 2.20. The predicted octanol–water partition coefficient (Wildman–Crippen LogP) is 2.75. The Hall–Kier alpha value is -1.72. The van der Waals surface area contributed by atoms with E-state index in [1.807, 2.05) is 12.3 Å². The van der Waals surface area contributed by atoms with Gasteiger partial charge in [-0.3, -0.25) is 4.90 Å². The van der Waals surface area contributed by atoms with Gasteiger partial charge in [0.1, 0.15) is 11.6 Å². The van der Waals surface area contributed by atoms with E-state index in [-0.39, 0.29) is 5.82 Å². The van der Waals surface area contributed by atoms with Crippen LogP contribution in [0.15, 0.2) is 36.7 Å². The van der Waals surface area contributed by atoms with E-state index in [2.05, 4.69) is 25.5 Å². The first-order chi connectivity index (χ1) is 11.8. The summed E-state index contributed by atoms with van der Waals surface area (Å²) in [6, 6.07) is 6.96. The van der Waals surface area contributed by atoms with Crippen molar-refractivity contribution in [1.82, 2.24) is 19.4 Å². The number of fused-ring (bicyclic) bond motifs is 1. The molecule has 1 fully saturated rings. The minimum Gasteiger partial charge on any atom is -0.333 e. The zero-order chi connectivity index (χ0) is 16.4. The highest BCUT2D eigenvalue weighted by atomic mass is 19.1. The van der Waals surface area contributed by atoms with Crippen LogP contribution in [0.1, 0.15) is 24.2 Å². The monoisotopic (exact) mass is 328 g/mol. The third-order valence-electron chi connectivity index (χ3n) is 5.15. The molecular weight excluding hydrogens is 303 g/mol. The fourth-order valence-electron chi connectivity index (χ4n) is 4.08. The number of halogens is 1. The molecule has 0 bridgehead atoms. The van der Waals surface area contributed by atoms with E-state index in [0.717, 1.165) is 44.1 Å². The largest absolute Gasteiger partial charge is 0.333 e. The van der Waals surface area contributed by atoms with Crippen LogP contribution in [0.4, 0.5) is 4.39 Å². The number of hydrogen-bond acceptors (Lipinski definition) is 3. The molecule has 2 aliphatic heterocycles. The fraction of sp³-hybridized carbons (Fsp3) is 0.526. The summed E-state index contributed by atoms with van der Waals surface area (Å²) < 4.78 is 15.8. The second kappa shape index (κ2) is 7.03. The lowest BCUT2D eigenvalue weighted by Gasteiger charge is -2.27. The highest BCUT2D eigenvalue weighted by molar-refractivity contribution is 5.16. The Morgan fingerprint density at radius 1 is 1.12 bits per heavy atom. The van der Waals surface area contributed by atoms with E-state index in [1.165, 1.54) is 32.0 Å². The van der Waals surface area contributed by atoms with Crippen LogP contribution in [-0.4, -0.2) is 45.5 Å². The molecule has 0 amide bonds. The normalized spacial score (nSPS) is 22.5. The first kappa shape index (κ1) is 15.8. The first-order valence-electron chi connectivity index (χ1n) is 8.95. The van der Waals surface area contributed by atoms with Crippen molar-refractivity contribution in [2.75, 3.05) is 26.2 Å². The Labute approximate surface area is 142 Å². The summed E-state index contributed by atoms with van der Waals surface area (Å²) in [6.45, 7) is 7.30. The summed E-state index contributed by atoms with van der Waals surface area (Å²) in [7, 11) is 0. The molecule has 5 heteroatoms. The number of hydrogen-bond donors (Lipinski definition) is 0. The van der Waals surface area contributed by atoms with E-state index in [0.29, 0.717) is 5.92 Å². The Kier molecular flexibility index (Phi) is 4.63. The Bertz CT molecular complexity index is 678. The lowest BCUT2D eigenvalue weighted by Crippen LogP contribution is -2.35. The molecule has 4 rings (SSSR count). The van der Waals surface area contributed by atoms with Crippen LogP contribution in [0.25, 0.3) is 0 Å². The van der Waals surface area contributed by atoms with Crippen LogP contribution in [0.2, 0.25) is 0 Å². The van der Waals surface area contributed by atoms with Crippen LogP contribution in [0.5, 0.6) is 0 Å². The molecule has 1 aromatic carbocycles. The summed E-state index contributed by atoms with van der Waals surface area (Å²) in [4.78, 5) is 9.53. The second-order valence-electron chi connectivity index (χ2n) is 7.17. The van der Waals surface area contributed by atoms with E-state index in [4.69, 9.17) is 0 Å². The van der Waals surface area contributed by atoms with Crippen LogP contribution in [0, 0.1) is 11.7 Å². The van der Waals surface area contributed by atoms with Gasteiger partial charge in [0, 0.05) is 44.5 Å². The molecule has 0 aliphatic carbocycles. The summed E-state index contributed by atoms with van der Waals surface area (Å²) in [5.41, 5.74) is 1.04. The van der Waals surface area contributed by atoms with E-state index >= 15 is 0 Å². The highest BCUT2D eigenvalue weighted by Gasteiger charge is 2.25. The molecule has 4 nitrogen and oxygen atoms in total. The molecule has 0 spiro atoms. The second-order valence-corrected chi connectivity index (χ2v) is 7.17. The first-order valence-corrected chi connectivity index (χ1v) is 8.95. The molecule has 0 unspecified atom stereocenters. The van der Waals surface area contributed by atoms with Gasteiger partial charge in [0.25, 0.3) is 0 Å². The van der Waals surface area contributed by atoms with Crippen molar-refractivity contribution < 1.29 is 4.39 Å². The van der Waals surface area contributed by atoms with Crippen molar-refractivity contribution in [3.05, 3.63) is 53.9 Å². The molecule has 0 saturated carbocycles. The Balaban J connectivity index is 1.50. The molecule has 0 radical (unpaired) electrons. The Morgan fingerprint density at radius 3 is 2.83 bits per heavy atom. The summed E-state index contributed by atoms with van der Waals surface area (Å²) in [6.07, 6.45) is 6.65. The van der Waals surface area contributed by atoms with Gasteiger partial charge in [0.15, 0.2) is 0 Å². The van der Waals surface area contributed by atoms with Crippen LogP contribution in [0.3, 0.4) is 0 Å². The van der Waals surface area contributed by atoms with Crippen molar-refractivity contribution in [2.24, 2.45) is 5.92 Å². The van der Waals surface area contributed by atoms with Crippen LogP contribution >= 0.6 is 0 Å². The van der Waals surface area contributed by atoms with Crippen molar-refractivity contribution in [3.63, 3.8) is 0 Å². The molecule has 1 saturated heterocycles. The van der Waals surface area contributed by atoms with Crippen LogP contribution < -0.4 is 0 Å². The van der Waals surface area contributed by atoms with Gasteiger partial charge in [0.2, 0.25) is 0 Å². The smallest absolute Gasteiger partial charge is 0.123 e. The lowest BCUT2D eigenvalue weighted by atomic mass is 10.1. The minimum absolute atomic E-state index is 0.155. The molecule has 1 aromatic heterocycles. The van der Waals surface area contributed by atoms with Gasteiger partial charge < -0.3 is 9.47 Å². The molecule has 24 heavy (non-hydrogen) atoms. The van der Waals surface area contributed by atoms with Gasteiger partial charge in [-0.2, -0.15) is 0 Å². The van der Waals surface area contributed by atoms with Gasteiger partial charge >= 0.3 is 0 Å². The molecule has 2 aromatic rings. The van der Waals surface area contributed by atoms with Crippen LogP contribution in [-0.2, 0) is 19.6 Å². The number of imidazole rings is 1. The minimum atomic E-state index is -0.155. The maximum Gasteiger partial charge on any atom is 0.123 e. The Morgan fingerprint density at radius 2 is 2.00 bits per heavy atom. The van der Waals surface area contributed by atoms with Gasteiger partial charge in [-0.15, -0.1) is 0 Å². The van der Waals surface area contributed by atoms with Gasteiger partial charge in [-0.05, 0) is 43.6 Å². The van der Waals surface area contributed by atoms with Crippen molar-refractivity contribution >= 4 is 0 Å². The number of aromatic nitrogens is 2. The average molecular weight is 328 g/mol. The van der Waals surface area contributed by atoms with E-state index in [1.54, 1.807) is 12.1 Å². The molecule has 128 valence electrons. The predicted molar refractivity (Wildman–Crippen MR) is 91.9 cm³/mol. The summed E-state index contributed by atoms with van der Waals surface area (Å²) in [5, 5.41) is 0. The lowest BCUT2D eigenvalue weighted by molar-refractivity contribution is 0.182. The van der Waals surface area contributed by atoms with Crippen molar-refractivity contribution in [3.8, 4) is 0 Å². The fourth-order valence-corrected chi connectivity index (χ4v) is 4.08. The maximum absolute atomic E-state index is 13.5. The number of rotatable bonds is 4. The van der Waals surface area contributed by atoms with Gasteiger partial charge in [-0.25, -0.2) is 9.37 Å². The molecule has 0 N–H and O–H groups in total. The number of nitrogens with zero attached hydrogens (tertiary/aromatic N) is 4. The molecule has 3 heterocycles. The third-order valence-corrected chi connectivity index (χ3v) is 5.15. The summed E-state index contributed by atoms with van der Waals surface area (Å²) in [5.74, 6) is 1.56. The molecular formula is C19H25FN4. The summed E-state index contributed by atoms with van der Waals surface area (Å²) >= 11 is 0. The van der Waals surface area contributed by atoms with Crippen molar-refractivity contribution in [2.45, 2.75) is 32.5 Å². The SMILES string of the molecule is Fc1cccc(CN2Cc3nccn3C[C@@H](CN3CCCC3)C2)c1. The van der Waals surface area contributed by atoms with Crippen molar-refractivity contribution in [1.29, 1.82) is 0 Å². The molecule has 2 aliphatic rings. The van der Waals surface area contributed by atoms with E-state index < -0.39 is 0 Å². The van der Waals surface area contributed by atoms with Gasteiger partial charge in [0.05, 0.1) is 6.54 Å². The van der Waals surface area contributed by atoms with E-state index in [9.17, 15) is 4.39 Å². The zero-order valence-electron chi connectivity index (χ0n) is 14.1. The number of benzene rings is 1. The van der Waals surface area contributed by atoms with Gasteiger partial charge in [-0.1, -0.05) is 12.1 Å². The maximum atomic E-state index is 13.5.